The maximum atomic E-state index is 13.5. The number of benzene rings is 2. The molecule has 0 radical (unpaired) electrons. The van der Waals surface area contributed by atoms with Gasteiger partial charge in [0.25, 0.3) is 11.8 Å². The second-order valence-electron chi connectivity index (χ2n) is 13.2. The summed E-state index contributed by atoms with van der Waals surface area (Å²) < 4.78 is 44.5. The van der Waals surface area contributed by atoms with Crippen molar-refractivity contribution >= 4 is 45.8 Å². The monoisotopic (exact) mass is 816 g/mol. The molecule has 1 unspecified atom stereocenters. The minimum atomic E-state index is -0.579. The third kappa shape index (κ3) is 11.5. The molecule has 3 heterocycles. The lowest BCUT2D eigenvalue weighted by atomic mass is 10.1. The number of amides is 2. The van der Waals surface area contributed by atoms with E-state index in [9.17, 15) is 23.6 Å². The number of carbonyl (C=O) groups is 3. The summed E-state index contributed by atoms with van der Waals surface area (Å²) in [5, 5.41) is 8.40. The predicted molar refractivity (Wildman–Crippen MR) is 218 cm³/mol. The average molecular weight is 817 g/mol. The van der Waals surface area contributed by atoms with Gasteiger partial charge in [0.15, 0.2) is 23.2 Å². The van der Waals surface area contributed by atoms with Crippen LogP contribution in [0.1, 0.15) is 42.2 Å². The minimum Gasteiger partial charge on any atom is -0.494 e. The number of ketones is 1. The predicted octanol–water partition coefficient (Wildman–Crippen LogP) is 4.23. The van der Waals surface area contributed by atoms with E-state index in [4.69, 9.17) is 23.7 Å². The zero-order chi connectivity index (χ0) is 42.3. The number of fused-ring (bicyclic) bond motifs is 1. The van der Waals surface area contributed by atoms with Crippen LogP contribution in [0.25, 0.3) is 22.4 Å². The van der Waals surface area contributed by atoms with Crippen molar-refractivity contribution in [3.63, 3.8) is 0 Å². The van der Waals surface area contributed by atoms with Crippen LogP contribution in [0.2, 0.25) is 0 Å². The van der Waals surface area contributed by atoms with E-state index in [0.717, 1.165) is 29.0 Å². The van der Waals surface area contributed by atoms with Gasteiger partial charge >= 0.3 is 5.69 Å². The fourth-order valence-electron chi connectivity index (χ4n) is 6.28. The Morgan fingerprint density at radius 2 is 1.53 bits per heavy atom. The van der Waals surface area contributed by atoms with Gasteiger partial charge in [-0.05, 0) is 49.6 Å². The molecule has 5 rings (SSSR count). The number of methoxy groups -OCH3 is 1. The highest BCUT2D eigenvalue weighted by molar-refractivity contribution is 6.01. The fraction of sp³-hybridized carbons (Fsp3) is 0.390. The number of halogens is 1. The number of ether oxygens (including phenoxy) is 5. The van der Waals surface area contributed by atoms with E-state index >= 15 is 0 Å². The Morgan fingerprint density at radius 1 is 0.847 bits per heavy atom. The quantitative estimate of drug-likeness (QED) is 0.0793. The first-order chi connectivity index (χ1) is 28.6. The highest BCUT2D eigenvalue weighted by Crippen LogP contribution is 2.37. The van der Waals surface area contributed by atoms with Crippen LogP contribution < -0.4 is 26.4 Å². The van der Waals surface area contributed by atoms with Crippen molar-refractivity contribution in [2.75, 3.05) is 77.6 Å². The molecule has 5 aromatic rings. The Balaban J connectivity index is 0.982. The van der Waals surface area contributed by atoms with Gasteiger partial charge in [-0.2, -0.15) is 0 Å². The van der Waals surface area contributed by atoms with Gasteiger partial charge in [-0.15, -0.1) is 0 Å². The summed E-state index contributed by atoms with van der Waals surface area (Å²) in [6.45, 7) is 5.52. The summed E-state index contributed by atoms with van der Waals surface area (Å²) in [7, 11) is 4.66. The van der Waals surface area contributed by atoms with E-state index in [-0.39, 0.29) is 48.5 Å². The van der Waals surface area contributed by atoms with Gasteiger partial charge in [-0.1, -0.05) is 19.1 Å². The summed E-state index contributed by atoms with van der Waals surface area (Å²) in [4.78, 5) is 62.6. The smallest absolute Gasteiger partial charge is 0.329 e. The van der Waals surface area contributed by atoms with Crippen LogP contribution in [0, 0.1) is 5.82 Å². The molecule has 59 heavy (non-hydrogen) atoms. The molecule has 2 amide bonds. The molecule has 0 saturated carbocycles. The largest absolute Gasteiger partial charge is 0.494 e. The maximum absolute atomic E-state index is 13.5. The molecule has 17 nitrogen and oxygen atoms in total. The molecule has 0 spiro atoms. The molecule has 0 aliphatic heterocycles. The van der Waals surface area contributed by atoms with Crippen LogP contribution in [-0.2, 0) is 42.0 Å². The van der Waals surface area contributed by atoms with E-state index in [1.54, 1.807) is 34.4 Å². The topological polar surface area (TPSA) is 199 Å². The summed E-state index contributed by atoms with van der Waals surface area (Å²) in [6, 6.07) is 12.0. The molecule has 0 aliphatic carbocycles. The van der Waals surface area contributed by atoms with Gasteiger partial charge in [0.1, 0.15) is 12.4 Å². The van der Waals surface area contributed by atoms with Crippen molar-refractivity contribution in [2.24, 2.45) is 7.05 Å². The van der Waals surface area contributed by atoms with Gasteiger partial charge in [0, 0.05) is 26.4 Å². The molecule has 314 valence electrons. The minimum absolute atomic E-state index is 0.0432. The normalized spacial score (nSPS) is 11.7. The molecule has 18 heteroatoms. The van der Waals surface area contributed by atoms with Gasteiger partial charge in [-0.25, -0.2) is 24.1 Å². The van der Waals surface area contributed by atoms with Crippen LogP contribution in [0.3, 0.4) is 0 Å². The zero-order valence-electron chi connectivity index (χ0n) is 33.7. The lowest BCUT2D eigenvalue weighted by Gasteiger charge is -2.17. The molecule has 0 fully saturated rings. The zero-order valence-corrected chi connectivity index (χ0v) is 33.7. The van der Waals surface area contributed by atoms with E-state index in [1.807, 2.05) is 25.1 Å². The van der Waals surface area contributed by atoms with Gasteiger partial charge in [-0.3, -0.25) is 23.5 Å². The summed E-state index contributed by atoms with van der Waals surface area (Å²) in [6.07, 6.45) is 4.63. The first-order valence-electron chi connectivity index (χ1n) is 19.0. The standard InChI is InChI=1S/C41H49FN8O9/c1-6-33(26(2)51)50-34-11-10-27(20-35(34)49(4)41(50)54)12-13-56-14-15-57-16-17-58-18-19-59-25-37(52)48-36-21-32(30(24-44-36)40(53)43-3)47-31-9-7-8-29(38(31)55-5)39-45-22-28(42)23-46-39/h7-11,20-24,33H,6,12-19,25H2,1-5H3,(H,43,53)(H2,44,47,48,52). The van der Waals surface area contributed by atoms with E-state index < -0.39 is 23.7 Å². The van der Waals surface area contributed by atoms with Crippen molar-refractivity contribution in [1.82, 2.24) is 29.4 Å². The number of rotatable bonds is 23. The number of anilines is 3. The summed E-state index contributed by atoms with van der Waals surface area (Å²) in [5.74, 6) is -0.752. The molecule has 0 saturated heterocycles. The van der Waals surface area contributed by atoms with Crippen molar-refractivity contribution in [3.8, 4) is 17.1 Å². The van der Waals surface area contributed by atoms with Crippen LogP contribution in [-0.4, -0.2) is 109 Å². The third-order valence-electron chi connectivity index (χ3n) is 9.20. The van der Waals surface area contributed by atoms with E-state index in [2.05, 4.69) is 30.9 Å². The molecule has 2 aromatic carbocycles. The number of aromatic nitrogens is 5. The number of carbonyl (C=O) groups excluding carboxylic acids is 3. The molecule has 3 aromatic heterocycles. The first-order valence-corrected chi connectivity index (χ1v) is 19.0. The van der Waals surface area contributed by atoms with Crippen LogP contribution in [0.15, 0.2) is 65.8 Å². The highest BCUT2D eigenvalue weighted by atomic mass is 19.1. The molecular formula is C41H49FN8O9. The van der Waals surface area contributed by atoms with Crippen LogP contribution >= 0.6 is 0 Å². The number of Topliss-reactive ketones (excluding diaryl/α,β-unsaturated/α-hetero) is 1. The summed E-state index contributed by atoms with van der Waals surface area (Å²) in [5.41, 5.74) is 3.79. The summed E-state index contributed by atoms with van der Waals surface area (Å²) >= 11 is 0. The molecule has 0 bridgehead atoms. The van der Waals surface area contributed by atoms with Crippen molar-refractivity contribution in [1.29, 1.82) is 0 Å². The molecule has 0 aliphatic rings. The van der Waals surface area contributed by atoms with Crippen molar-refractivity contribution < 1.29 is 42.5 Å². The number of nitrogens with one attached hydrogen (secondary N) is 3. The molecule has 3 N–H and O–H groups in total. The van der Waals surface area contributed by atoms with E-state index in [0.29, 0.717) is 68.6 Å². The van der Waals surface area contributed by atoms with Crippen LogP contribution in [0.5, 0.6) is 5.75 Å². The van der Waals surface area contributed by atoms with E-state index in [1.165, 1.54) is 33.3 Å². The van der Waals surface area contributed by atoms with Crippen molar-refractivity contribution in [3.05, 3.63) is 88.5 Å². The first kappa shape index (κ1) is 44.0. The lowest BCUT2D eigenvalue weighted by molar-refractivity contribution is -0.121. The Hall–Kier alpha value is -6.08. The average Bonchev–Trinajstić information content (AvgIpc) is 3.47. The second-order valence-corrected chi connectivity index (χ2v) is 13.2. The third-order valence-corrected chi connectivity index (χ3v) is 9.20. The Labute approximate surface area is 340 Å². The number of aryl methyl sites for hydroxylation is 1. The highest BCUT2D eigenvalue weighted by Gasteiger charge is 2.22. The Kier molecular flexibility index (Phi) is 16.1. The fourth-order valence-corrected chi connectivity index (χ4v) is 6.28. The number of hydrogen-bond acceptors (Lipinski definition) is 13. The van der Waals surface area contributed by atoms with Gasteiger partial charge < -0.3 is 39.6 Å². The number of nitrogens with zero attached hydrogens (tertiary/aromatic N) is 5. The second kappa shape index (κ2) is 21.6. The number of hydrogen-bond donors (Lipinski definition) is 3. The van der Waals surface area contributed by atoms with Gasteiger partial charge in [0.05, 0.1) is 105 Å². The number of imidazole rings is 1. The lowest BCUT2D eigenvalue weighted by Crippen LogP contribution is -2.29. The maximum Gasteiger partial charge on any atom is 0.329 e. The number of pyridine rings is 1. The van der Waals surface area contributed by atoms with Gasteiger partial charge in [0.2, 0.25) is 0 Å². The molecule has 1 atom stereocenters. The Bertz CT molecular complexity index is 2280. The Morgan fingerprint density at radius 3 is 2.17 bits per heavy atom. The molecular weight excluding hydrogens is 767 g/mol. The SMILES string of the molecule is CCC(C(C)=O)n1c(=O)n(C)c2cc(CCOCCOCCOCCOCC(=O)Nc3cc(Nc4cccc(-c5ncc(F)cn5)c4OC)c(C(=O)NC)cn3)ccc21. The van der Waals surface area contributed by atoms with Crippen molar-refractivity contribution in [2.45, 2.75) is 32.7 Å². The van der Waals surface area contributed by atoms with Crippen LogP contribution in [0.4, 0.5) is 21.6 Å². The number of para-hydroxylation sites is 1.